The van der Waals surface area contributed by atoms with Crippen molar-refractivity contribution < 1.29 is 14.3 Å². The molecule has 1 fully saturated rings. The maximum absolute atomic E-state index is 13.5. The van der Waals surface area contributed by atoms with Crippen LogP contribution >= 0.6 is 0 Å². The summed E-state index contributed by atoms with van der Waals surface area (Å²) in [6.45, 7) is 4.72. The van der Waals surface area contributed by atoms with Crippen molar-refractivity contribution in [2.24, 2.45) is 0 Å². The Labute approximate surface area is 195 Å². The lowest BCUT2D eigenvalue weighted by molar-refractivity contribution is 0.0595. The van der Waals surface area contributed by atoms with Gasteiger partial charge >= 0.3 is 0 Å². The predicted molar refractivity (Wildman–Crippen MR) is 127 cm³/mol. The Morgan fingerprint density at radius 2 is 1.79 bits per heavy atom. The van der Waals surface area contributed by atoms with Crippen LogP contribution in [0, 0.1) is 13.8 Å². The zero-order chi connectivity index (χ0) is 23.4. The molecule has 1 aliphatic heterocycles. The van der Waals surface area contributed by atoms with Gasteiger partial charge in [0.1, 0.15) is 0 Å². The van der Waals surface area contributed by atoms with Crippen LogP contribution in [-0.4, -0.2) is 52.6 Å². The molecule has 0 aliphatic carbocycles. The minimum absolute atomic E-state index is 0.0251. The highest BCUT2D eigenvalue weighted by Gasteiger charge is 2.30. The maximum Gasteiger partial charge on any atom is 0.276 e. The molecular formula is C26H32N4O3. The fraction of sp³-hybridized carbons (Fsp3) is 0.423. The molecule has 0 radical (unpaired) electrons. The first kappa shape index (κ1) is 22.8. The number of amides is 1. The number of carbonyl (C=O) groups is 1. The molecule has 1 aromatic heterocycles. The summed E-state index contributed by atoms with van der Waals surface area (Å²) in [6, 6.07) is 14.3. The highest BCUT2D eigenvalue weighted by Crippen LogP contribution is 2.29. The fourth-order valence-corrected chi connectivity index (χ4v) is 4.53. The van der Waals surface area contributed by atoms with Crippen LogP contribution in [-0.2, 0) is 6.42 Å². The lowest BCUT2D eigenvalue weighted by Gasteiger charge is -2.35. The van der Waals surface area contributed by atoms with Gasteiger partial charge in [0.15, 0.2) is 17.2 Å². The van der Waals surface area contributed by atoms with Crippen molar-refractivity contribution in [3.05, 3.63) is 65.0 Å². The number of methoxy groups -OCH3 is 2. The molecule has 0 spiro atoms. The molecule has 1 unspecified atom stereocenters. The molecule has 2 heterocycles. The quantitative estimate of drug-likeness (QED) is 0.531. The molecule has 2 aromatic carbocycles. The molecule has 1 amide bonds. The number of hydrogen-bond donors (Lipinski definition) is 0. The largest absolute Gasteiger partial charge is 0.493 e. The van der Waals surface area contributed by atoms with Gasteiger partial charge in [0.05, 0.1) is 25.6 Å². The highest BCUT2D eigenvalue weighted by atomic mass is 16.5. The van der Waals surface area contributed by atoms with Crippen molar-refractivity contribution in [3.63, 3.8) is 0 Å². The summed E-state index contributed by atoms with van der Waals surface area (Å²) in [5.41, 5.74) is 4.47. The number of aryl methyl sites for hydroxylation is 2. The summed E-state index contributed by atoms with van der Waals surface area (Å²) in [7, 11) is 3.29. The van der Waals surface area contributed by atoms with Crippen molar-refractivity contribution in [2.45, 2.75) is 52.0 Å². The standard InChI is InChI=1S/C26H32N4O3/c1-18-8-12-22(13-9-18)30-19(2)25(27-28-30)26(31)29-16-6-5-7-21(29)14-10-20-11-15-23(32-3)24(17-20)33-4/h8-9,11-13,15,17,21H,5-7,10,14,16H2,1-4H3. The van der Waals surface area contributed by atoms with Crippen LogP contribution in [0.5, 0.6) is 11.5 Å². The number of nitrogens with zero attached hydrogens (tertiary/aromatic N) is 4. The number of carbonyl (C=O) groups excluding carboxylic acids is 1. The van der Waals surface area contributed by atoms with Crippen molar-refractivity contribution in [1.29, 1.82) is 0 Å². The van der Waals surface area contributed by atoms with Gasteiger partial charge in [0.25, 0.3) is 5.91 Å². The first-order chi connectivity index (χ1) is 16.0. The van der Waals surface area contributed by atoms with E-state index in [0.717, 1.165) is 61.5 Å². The van der Waals surface area contributed by atoms with E-state index in [0.29, 0.717) is 5.69 Å². The van der Waals surface area contributed by atoms with E-state index >= 15 is 0 Å². The lowest BCUT2D eigenvalue weighted by Crippen LogP contribution is -2.44. The number of ether oxygens (including phenoxy) is 2. The van der Waals surface area contributed by atoms with Crippen LogP contribution in [0.15, 0.2) is 42.5 Å². The molecule has 0 bridgehead atoms. The van der Waals surface area contributed by atoms with E-state index < -0.39 is 0 Å². The van der Waals surface area contributed by atoms with Crippen molar-refractivity contribution >= 4 is 5.91 Å². The van der Waals surface area contributed by atoms with Gasteiger partial charge in [-0.1, -0.05) is 29.0 Å². The Morgan fingerprint density at radius 1 is 1.03 bits per heavy atom. The number of rotatable bonds is 7. The van der Waals surface area contributed by atoms with Gasteiger partial charge < -0.3 is 14.4 Å². The first-order valence-corrected chi connectivity index (χ1v) is 11.5. The van der Waals surface area contributed by atoms with E-state index in [9.17, 15) is 4.79 Å². The van der Waals surface area contributed by atoms with E-state index in [2.05, 4.69) is 16.4 Å². The van der Waals surface area contributed by atoms with Crippen LogP contribution in [0.2, 0.25) is 0 Å². The molecular weight excluding hydrogens is 416 g/mol. The van der Waals surface area contributed by atoms with Gasteiger partial charge in [-0.25, -0.2) is 4.68 Å². The third kappa shape index (κ3) is 4.87. The Bertz CT molecular complexity index is 1110. The average Bonchev–Trinajstić information content (AvgIpc) is 3.23. The SMILES string of the molecule is COc1ccc(CCC2CCCCN2C(=O)c2nnn(-c3ccc(C)cc3)c2C)cc1OC. The molecule has 1 atom stereocenters. The summed E-state index contributed by atoms with van der Waals surface area (Å²) >= 11 is 0. The van der Waals surface area contributed by atoms with E-state index in [1.54, 1.807) is 18.9 Å². The summed E-state index contributed by atoms with van der Waals surface area (Å²) in [6.07, 6.45) is 4.92. The number of aromatic nitrogens is 3. The average molecular weight is 449 g/mol. The van der Waals surface area contributed by atoms with Crippen LogP contribution in [0.25, 0.3) is 5.69 Å². The molecule has 0 N–H and O–H groups in total. The topological polar surface area (TPSA) is 69.5 Å². The monoisotopic (exact) mass is 448 g/mol. The van der Waals surface area contributed by atoms with E-state index in [1.807, 2.05) is 55.1 Å². The molecule has 1 saturated heterocycles. The van der Waals surface area contributed by atoms with Crippen LogP contribution in [0.1, 0.15) is 53.0 Å². The molecule has 33 heavy (non-hydrogen) atoms. The molecule has 4 rings (SSSR count). The summed E-state index contributed by atoms with van der Waals surface area (Å²) in [5.74, 6) is 1.43. The lowest BCUT2D eigenvalue weighted by atomic mass is 9.95. The van der Waals surface area contributed by atoms with Crippen molar-refractivity contribution in [3.8, 4) is 17.2 Å². The Hall–Kier alpha value is -3.35. The van der Waals surface area contributed by atoms with Crippen molar-refractivity contribution in [1.82, 2.24) is 19.9 Å². The third-order valence-electron chi connectivity index (χ3n) is 6.48. The maximum atomic E-state index is 13.5. The van der Waals surface area contributed by atoms with Gasteiger partial charge in [-0.2, -0.15) is 0 Å². The van der Waals surface area contributed by atoms with E-state index in [-0.39, 0.29) is 11.9 Å². The molecule has 7 heteroatoms. The molecule has 1 aliphatic rings. The normalized spacial score (nSPS) is 16.0. The van der Waals surface area contributed by atoms with Gasteiger partial charge in [-0.05, 0) is 75.8 Å². The summed E-state index contributed by atoms with van der Waals surface area (Å²) in [5, 5.41) is 8.55. The van der Waals surface area contributed by atoms with Gasteiger partial charge in [0.2, 0.25) is 0 Å². The van der Waals surface area contributed by atoms with Gasteiger partial charge in [0, 0.05) is 12.6 Å². The van der Waals surface area contributed by atoms with Crippen LogP contribution in [0.3, 0.4) is 0 Å². The number of hydrogen-bond acceptors (Lipinski definition) is 5. The van der Waals surface area contributed by atoms with E-state index in [4.69, 9.17) is 9.47 Å². The van der Waals surface area contributed by atoms with Gasteiger partial charge in [-0.3, -0.25) is 4.79 Å². The van der Waals surface area contributed by atoms with Gasteiger partial charge in [-0.15, -0.1) is 5.10 Å². The second kappa shape index (κ2) is 10.1. The second-order valence-electron chi connectivity index (χ2n) is 8.65. The Morgan fingerprint density at radius 3 is 2.52 bits per heavy atom. The fourth-order valence-electron chi connectivity index (χ4n) is 4.53. The molecule has 3 aromatic rings. The molecule has 0 saturated carbocycles. The second-order valence-corrected chi connectivity index (χ2v) is 8.65. The molecule has 7 nitrogen and oxygen atoms in total. The zero-order valence-electron chi connectivity index (χ0n) is 19.9. The minimum Gasteiger partial charge on any atom is -0.493 e. The van der Waals surface area contributed by atoms with Crippen LogP contribution < -0.4 is 9.47 Å². The third-order valence-corrected chi connectivity index (χ3v) is 6.48. The van der Waals surface area contributed by atoms with E-state index in [1.165, 1.54) is 11.1 Å². The number of likely N-dealkylation sites (tertiary alicyclic amines) is 1. The summed E-state index contributed by atoms with van der Waals surface area (Å²) < 4.78 is 12.5. The smallest absolute Gasteiger partial charge is 0.276 e. The van der Waals surface area contributed by atoms with Crippen molar-refractivity contribution in [2.75, 3.05) is 20.8 Å². The summed E-state index contributed by atoms with van der Waals surface area (Å²) in [4.78, 5) is 15.5. The number of benzene rings is 2. The Balaban J connectivity index is 1.49. The highest BCUT2D eigenvalue weighted by molar-refractivity contribution is 5.93. The predicted octanol–water partition coefficient (Wildman–Crippen LogP) is 4.53. The molecule has 174 valence electrons. The zero-order valence-corrected chi connectivity index (χ0v) is 19.9. The Kier molecular flexibility index (Phi) is 6.96. The first-order valence-electron chi connectivity index (χ1n) is 11.5. The minimum atomic E-state index is -0.0251. The number of piperidine rings is 1. The van der Waals surface area contributed by atoms with Crippen LogP contribution in [0.4, 0.5) is 0 Å².